The number of nitrogens with one attached hydrogen (secondary N) is 2. The molecule has 2 saturated carbocycles. The van der Waals surface area contributed by atoms with Crippen molar-refractivity contribution in [1.82, 2.24) is 20.1 Å². The molecule has 0 saturated heterocycles. The first-order valence-corrected chi connectivity index (χ1v) is 12.4. The van der Waals surface area contributed by atoms with Crippen LogP contribution >= 0.6 is 0 Å². The lowest BCUT2D eigenvalue weighted by Crippen LogP contribution is -2.39. The van der Waals surface area contributed by atoms with Crippen LogP contribution in [0.2, 0.25) is 0 Å². The fourth-order valence-electron chi connectivity index (χ4n) is 5.26. The number of benzene rings is 1. The number of aromatic amines is 1. The average molecular weight is 502 g/mol. The predicted molar refractivity (Wildman–Crippen MR) is 130 cm³/mol. The summed E-state index contributed by atoms with van der Waals surface area (Å²) in [6, 6.07) is 9.63. The smallest absolute Gasteiger partial charge is 0.392 e. The maximum absolute atomic E-state index is 13.1. The zero-order valence-corrected chi connectivity index (χ0v) is 20.3. The molecule has 2 aliphatic carbocycles. The molecule has 2 aliphatic rings. The Kier molecular flexibility index (Phi) is 6.53. The van der Waals surface area contributed by atoms with Crippen molar-refractivity contribution in [2.24, 2.45) is 30.0 Å². The number of hydrogen-bond donors (Lipinski definition) is 2. The van der Waals surface area contributed by atoms with Gasteiger partial charge in [0.15, 0.2) is 0 Å². The molecule has 36 heavy (non-hydrogen) atoms. The number of fused-ring (bicyclic) bond motifs is 1. The van der Waals surface area contributed by atoms with Crippen LogP contribution < -0.4 is 5.32 Å². The summed E-state index contributed by atoms with van der Waals surface area (Å²) in [7, 11) is 1.80. The number of H-pyrrole nitrogens is 1. The van der Waals surface area contributed by atoms with Gasteiger partial charge in [0, 0.05) is 47.7 Å². The number of halogens is 3. The second-order valence-electron chi connectivity index (χ2n) is 9.98. The van der Waals surface area contributed by atoms with Crippen LogP contribution in [0, 0.1) is 24.7 Å². The second kappa shape index (κ2) is 9.63. The molecular weight excluding hydrogens is 471 g/mol. The monoisotopic (exact) mass is 501 g/mol. The summed E-state index contributed by atoms with van der Waals surface area (Å²) < 4.78 is 40.1. The van der Waals surface area contributed by atoms with Gasteiger partial charge in [-0.1, -0.05) is 23.4 Å². The highest BCUT2D eigenvalue weighted by Crippen LogP contribution is 2.50. The van der Waals surface area contributed by atoms with Crippen molar-refractivity contribution in [1.29, 1.82) is 0 Å². The van der Waals surface area contributed by atoms with Gasteiger partial charge >= 0.3 is 6.18 Å². The first-order valence-electron chi connectivity index (χ1n) is 12.4. The molecule has 1 amide bonds. The summed E-state index contributed by atoms with van der Waals surface area (Å²) in [6.07, 6.45) is 0.802. The molecule has 2 heterocycles. The van der Waals surface area contributed by atoms with Crippen molar-refractivity contribution in [3.8, 4) is 0 Å². The molecule has 1 aromatic carbocycles. The molecule has 0 radical (unpaired) electrons. The third kappa shape index (κ3) is 5.12. The first-order chi connectivity index (χ1) is 17.2. The van der Waals surface area contributed by atoms with E-state index in [4.69, 9.17) is 4.84 Å². The molecule has 2 fully saturated rings. The standard InChI is InChI=1S/C26H30F3N5O2/c1-15-23(19-5-3-4-6-21(19)30-15)25(35)31-18-9-7-16(8-10-18)24(22-11-12-34(2)32-22)33-36-14-17-13-20(17)26(27,28)29/h3-6,11-12,16-18,20,30H,7-10,13-14H2,1-2H3,(H,31,35)/b33-24-/t16-,17?,18-,20?. The van der Waals surface area contributed by atoms with Crippen LogP contribution in [0.15, 0.2) is 41.7 Å². The van der Waals surface area contributed by atoms with Crippen molar-refractivity contribution in [3.63, 3.8) is 0 Å². The molecular formula is C26H30F3N5O2. The number of rotatable bonds is 7. The van der Waals surface area contributed by atoms with E-state index >= 15 is 0 Å². The summed E-state index contributed by atoms with van der Waals surface area (Å²) in [5.41, 5.74) is 3.79. The molecule has 10 heteroatoms. The number of aryl methyl sites for hydroxylation is 2. The van der Waals surface area contributed by atoms with Crippen LogP contribution in [0.3, 0.4) is 0 Å². The largest absolute Gasteiger partial charge is 0.395 e. The van der Waals surface area contributed by atoms with Gasteiger partial charge in [-0.05, 0) is 51.2 Å². The van der Waals surface area contributed by atoms with Crippen LogP contribution in [-0.2, 0) is 11.9 Å². The van der Waals surface area contributed by atoms with E-state index < -0.39 is 18.0 Å². The highest BCUT2D eigenvalue weighted by Gasteiger charge is 2.56. The molecule has 2 unspecified atom stereocenters. The molecule has 2 N–H and O–H groups in total. The Hall–Kier alpha value is -3.30. The number of amides is 1. The Morgan fingerprint density at radius 1 is 1.22 bits per heavy atom. The molecule has 2 atom stereocenters. The van der Waals surface area contributed by atoms with E-state index in [0.717, 1.165) is 42.3 Å². The van der Waals surface area contributed by atoms with E-state index in [9.17, 15) is 18.0 Å². The fraction of sp³-hybridized carbons (Fsp3) is 0.500. The van der Waals surface area contributed by atoms with Crippen LogP contribution in [-0.4, -0.2) is 45.2 Å². The normalized spacial score (nSPS) is 24.6. The van der Waals surface area contributed by atoms with Crippen LogP contribution in [0.4, 0.5) is 13.2 Å². The van der Waals surface area contributed by atoms with E-state index in [1.165, 1.54) is 0 Å². The minimum atomic E-state index is -4.17. The highest BCUT2D eigenvalue weighted by atomic mass is 19.4. The topological polar surface area (TPSA) is 84.3 Å². The Morgan fingerprint density at radius 3 is 2.64 bits per heavy atom. The van der Waals surface area contributed by atoms with Gasteiger partial charge in [0.05, 0.1) is 11.5 Å². The lowest BCUT2D eigenvalue weighted by atomic mass is 9.82. The van der Waals surface area contributed by atoms with Crippen molar-refractivity contribution in [2.45, 2.75) is 51.2 Å². The van der Waals surface area contributed by atoms with E-state index in [-0.39, 0.29) is 30.9 Å². The minimum absolute atomic E-state index is 0.0340. The summed E-state index contributed by atoms with van der Waals surface area (Å²) >= 11 is 0. The number of hydrogen-bond acceptors (Lipinski definition) is 4. The third-order valence-electron chi connectivity index (χ3n) is 7.34. The fourth-order valence-corrected chi connectivity index (χ4v) is 5.26. The quantitative estimate of drug-likeness (QED) is 0.348. The van der Waals surface area contributed by atoms with Gasteiger partial charge in [0.25, 0.3) is 5.91 Å². The van der Waals surface area contributed by atoms with Crippen molar-refractivity contribution in [3.05, 3.63) is 53.5 Å². The van der Waals surface area contributed by atoms with Crippen molar-refractivity contribution < 1.29 is 22.8 Å². The van der Waals surface area contributed by atoms with E-state index in [1.807, 2.05) is 37.3 Å². The maximum atomic E-state index is 13.1. The molecule has 0 spiro atoms. The first kappa shape index (κ1) is 24.4. The maximum Gasteiger partial charge on any atom is 0.392 e. The highest BCUT2D eigenvalue weighted by molar-refractivity contribution is 6.08. The van der Waals surface area contributed by atoms with Gasteiger partial charge < -0.3 is 15.1 Å². The molecule has 192 valence electrons. The van der Waals surface area contributed by atoms with Gasteiger partial charge in [-0.3, -0.25) is 9.48 Å². The zero-order valence-electron chi connectivity index (χ0n) is 20.3. The van der Waals surface area contributed by atoms with Crippen LogP contribution in [0.5, 0.6) is 0 Å². The Labute approximate surface area is 207 Å². The molecule has 0 bridgehead atoms. The summed E-state index contributed by atoms with van der Waals surface area (Å²) in [4.78, 5) is 21.8. The molecule has 5 rings (SSSR count). The Morgan fingerprint density at radius 2 is 1.97 bits per heavy atom. The lowest BCUT2D eigenvalue weighted by molar-refractivity contribution is -0.152. The minimum Gasteiger partial charge on any atom is -0.395 e. The molecule has 2 aromatic heterocycles. The molecule has 3 aromatic rings. The number of carbonyl (C=O) groups excluding carboxylic acids is 1. The number of nitrogens with zero attached hydrogens (tertiary/aromatic N) is 3. The SMILES string of the molecule is Cc1[nH]c2ccccc2c1C(=O)N[C@H]1CC[C@H](/C(=N/OCC2CC2C(F)(F)F)c2ccn(C)n2)CC1. The third-order valence-corrected chi connectivity index (χ3v) is 7.34. The Balaban J connectivity index is 1.21. The molecule has 0 aliphatic heterocycles. The molecule has 7 nitrogen and oxygen atoms in total. The summed E-state index contributed by atoms with van der Waals surface area (Å²) in [6.45, 7) is 1.86. The second-order valence-corrected chi connectivity index (χ2v) is 9.98. The van der Waals surface area contributed by atoms with Gasteiger partial charge in [-0.25, -0.2) is 0 Å². The Bertz CT molecular complexity index is 1270. The lowest BCUT2D eigenvalue weighted by Gasteiger charge is -2.29. The number of alkyl halides is 3. The van der Waals surface area contributed by atoms with Crippen molar-refractivity contribution >= 4 is 22.5 Å². The number of para-hydroxylation sites is 1. The van der Waals surface area contributed by atoms with E-state index in [0.29, 0.717) is 17.0 Å². The zero-order chi connectivity index (χ0) is 25.4. The predicted octanol–water partition coefficient (Wildman–Crippen LogP) is 5.12. The van der Waals surface area contributed by atoms with Gasteiger partial charge in [-0.15, -0.1) is 0 Å². The van der Waals surface area contributed by atoms with Crippen LogP contribution in [0.25, 0.3) is 10.9 Å². The summed E-state index contributed by atoms with van der Waals surface area (Å²) in [5, 5.41) is 12.8. The van der Waals surface area contributed by atoms with Crippen molar-refractivity contribution in [2.75, 3.05) is 6.61 Å². The van der Waals surface area contributed by atoms with Gasteiger partial charge in [0.1, 0.15) is 18.0 Å². The number of carbonyl (C=O) groups is 1. The average Bonchev–Trinajstić information content (AvgIpc) is 3.38. The van der Waals surface area contributed by atoms with Gasteiger partial charge in [-0.2, -0.15) is 18.3 Å². The van der Waals surface area contributed by atoms with E-state index in [1.54, 1.807) is 17.9 Å². The summed E-state index contributed by atoms with van der Waals surface area (Å²) in [5.74, 6) is -1.84. The number of oxime groups is 1. The number of aromatic nitrogens is 3. The van der Waals surface area contributed by atoms with Gasteiger partial charge in [0.2, 0.25) is 0 Å². The van der Waals surface area contributed by atoms with E-state index in [2.05, 4.69) is 20.6 Å². The van der Waals surface area contributed by atoms with Crippen LogP contribution in [0.1, 0.15) is 53.8 Å².